The maximum atomic E-state index is 12.3. The summed E-state index contributed by atoms with van der Waals surface area (Å²) >= 11 is 0. The Kier molecular flexibility index (Phi) is 8.70. The molecule has 0 saturated carbocycles. The van der Waals surface area contributed by atoms with Gasteiger partial charge in [-0.15, -0.1) is 10.2 Å². The van der Waals surface area contributed by atoms with Gasteiger partial charge in [-0.25, -0.2) is 12.6 Å². The van der Waals surface area contributed by atoms with E-state index >= 15 is 0 Å². The molecule has 0 fully saturated rings. The largest absolute Gasteiger partial charge is 0.506 e. The average Bonchev–Trinajstić information content (AvgIpc) is 2.71. The molecular weight excluding hydrogens is 594 g/mol. The number of rotatable bonds is 8. The molecule has 6 N–H and O–H groups in total. The normalized spacial score (nSPS) is 12.6. The zero-order chi connectivity index (χ0) is 26.2. The zero-order valence-corrected chi connectivity index (χ0v) is 21.0. The number of nitrogens with zero attached hydrogens (tertiary/aromatic N) is 2. The summed E-state index contributed by atoms with van der Waals surface area (Å²) in [5.74, 6) is -2.22. The van der Waals surface area contributed by atoms with E-state index < -0.39 is 69.7 Å². The first-order valence-corrected chi connectivity index (χ1v) is 13.7. The van der Waals surface area contributed by atoms with Crippen molar-refractivity contribution in [3.63, 3.8) is 0 Å². The van der Waals surface area contributed by atoms with Gasteiger partial charge >= 0.3 is 10.4 Å². The predicted octanol–water partition coefficient (Wildman–Crippen LogP) is 2.09. The van der Waals surface area contributed by atoms with Gasteiger partial charge in [-0.3, -0.25) is 9.11 Å². The minimum absolute atomic E-state index is 0. The summed E-state index contributed by atoms with van der Waals surface area (Å²) in [4.78, 5) is -1.24. The van der Waals surface area contributed by atoms with Crippen molar-refractivity contribution in [2.75, 3.05) is 18.1 Å². The van der Waals surface area contributed by atoms with Gasteiger partial charge in [0.05, 0.1) is 17.3 Å². The monoisotopic (exact) mass is 610 g/mol. The van der Waals surface area contributed by atoms with Crippen LogP contribution in [0, 0.1) is 0 Å². The van der Waals surface area contributed by atoms with Gasteiger partial charge < -0.3 is 15.9 Å². The van der Waals surface area contributed by atoms with E-state index in [1.807, 2.05) is 0 Å². The minimum Gasteiger partial charge on any atom is -0.506 e. The Labute approximate surface area is 215 Å². The van der Waals surface area contributed by atoms with Crippen molar-refractivity contribution < 1.29 is 65.8 Å². The number of sulfone groups is 1. The third-order valence-electron chi connectivity index (χ3n) is 4.50. The number of aromatic hydroxyl groups is 2. The van der Waals surface area contributed by atoms with Gasteiger partial charge in [-0.05, 0) is 41.8 Å². The molecule has 1 radical (unpaired) electrons. The molecule has 0 unspecified atom stereocenters. The fourth-order valence-electron chi connectivity index (χ4n) is 2.92. The first-order valence-electron chi connectivity index (χ1n) is 9.20. The summed E-state index contributed by atoms with van der Waals surface area (Å²) in [5.41, 5.74) is 4.93. The molecule has 199 valence electrons. The van der Waals surface area contributed by atoms with Crippen LogP contribution >= 0.6 is 0 Å². The summed E-state index contributed by atoms with van der Waals surface area (Å²) in [6.45, 7) is -0.880. The maximum Gasteiger partial charge on any atom is 0.397 e. The van der Waals surface area contributed by atoms with E-state index in [9.17, 15) is 40.0 Å². The van der Waals surface area contributed by atoms with Gasteiger partial charge in [0.25, 0.3) is 10.1 Å². The summed E-state index contributed by atoms with van der Waals surface area (Å²) in [5, 5.41) is 28.3. The number of fused-ring (bicyclic) bond motifs is 1. The summed E-state index contributed by atoms with van der Waals surface area (Å²) in [6, 6.07) is 7.95. The standard InChI is InChI=1S/C18H17N3O11S3.Cu/c19-11-1-3-13-10(7-11)8-16(34(26,27)28)17(18(13)23)21-20-14-4-2-12(9-15(14)22)33(24,25)6-5-32-35(29,30)31;/h1-4,7-9,22-23H,5-6,19H2,(H,26,27,28)(H,29,30,31);. The van der Waals surface area contributed by atoms with Crippen LogP contribution in [0.4, 0.5) is 17.1 Å². The molecule has 0 saturated heterocycles. The molecule has 3 aromatic rings. The predicted molar refractivity (Wildman–Crippen MR) is 122 cm³/mol. The molecule has 18 heteroatoms. The van der Waals surface area contributed by atoms with E-state index in [4.69, 9.17) is 10.3 Å². The Hall–Kier alpha value is -2.83. The maximum absolute atomic E-state index is 12.3. The second-order valence-electron chi connectivity index (χ2n) is 6.95. The summed E-state index contributed by atoms with van der Waals surface area (Å²) < 4.78 is 91.3. The molecule has 0 bridgehead atoms. The van der Waals surface area contributed by atoms with E-state index in [1.54, 1.807) is 0 Å². The van der Waals surface area contributed by atoms with Crippen molar-refractivity contribution in [1.82, 2.24) is 0 Å². The zero-order valence-electron chi connectivity index (χ0n) is 17.6. The number of azo groups is 1. The Bertz CT molecular complexity index is 1670. The average molecular weight is 611 g/mol. The van der Waals surface area contributed by atoms with E-state index in [-0.39, 0.29) is 39.2 Å². The topological polar surface area (TPSA) is 243 Å². The Morgan fingerprint density at radius 3 is 2.14 bits per heavy atom. The molecular formula is C18H17CuN3O11S3. The van der Waals surface area contributed by atoms with Crippen LogP contribution in [0.3, 0.4) is 0 Å². The van der Waals surface area contributed by atoms with Crippen LogP contribution in [-0.4, -0.2) is 56.9 Å². The molecule has 0 amide bonds. The Morgan fingerprint density at radius 1 is 0.889 bits per heavy atom. The van der Waals surface area contributed by atoms with Crippen molar-refractivity contribution in [3.8, 4) is 11.5 Å². The first kappa shape index (κ1) is 29.4. The smallest absolute Gasteiger partial charge is 0.397 e. The van der Waals surface area contributed by atoms with E-state index in [1.165, 1.54) is 18.2 Å². The van der Waals surface area contributed by atoms with Crippen LogP contribution in [0.25, 0.3) is 10.8 Å². The van der Waals surface area contributed by atoms with Crippen LogP contribution in [0.1, 0.15) is 0 Å². The van der Waals surface area contributed by atoms with Crippen LogP contribution in [0.5, 0.6) is 11.5 Å². The van der Waals surface area contributed by atoms with Crippen LogP contribution in [0.2, 0.25) is 0 Å². The number of hydrogen-bond donors (Lipinski definition) is 5. The van der Waals surface area contributed by atoms with Crippen LogP contribution in [0.15, 0.2) is 62.5 Å². The summed E-state index contributed by atoms with van der Waals surface area (Å²) in [7, 11) is -13.9. The molecule has 0 aliphatic rings. The third-order valence-corrected chi connectivity index (χ3v) is 7.51. The fraction of sp³-hybridized carbons (Fsp3) is 0.111. The quantitative estimate of drug-likeness (QED) is 0.106. The molecule has 36 heavy (non-hydrogen) atoms. The second kappa shape index (κ2) is 10.7. The molecule has 0 aliphatic heterocycles. The number of benzene rings is 3. The molecule has 14 nitrogen and oxygen atoms in total. The number of hydrogen-bond acceptors (Lipinski definition) is 12. The molecule has 0 aliphatic carbocycles. The molecule has 0 atom stereocenters. The Morgan fingerprint density at radius 2 is 1.56 bits per heavy atom. The SMILES string of the molecule is Nc1ccc2c(O)c(N=Nc3ccc(S(=O)(=O)CCOS(=O)(=O)O)cc3O)c(S(=O)(=O)O)cc2c1.[Cu]. The third kappa shape index (κ3) is 6.89. The number of phenolic OH excluding ortho intramolecular Hbond substituents is 2. The number of nitrogens with two attached hydrogens (primary N) is 1. The van der Waals surface area contributed by atoms with Crippen LogP contribution in [-0.2, 0) is 51.6 Å². The molecule has 3 aromatic carbocycles. The van der Waals surface area contributed by atoms with Crippen molar-refractivity contribution in [3.05, 3.63) is 42.5 Å². The van der Waals surface area contributed by atoms with Gasteiger partial charge in [0.2, 0.25) is 0 Å². The first-order chi connectivity index (χ1) is 16.1. The van der Waals surface area contributed by atoms with Crippen LogP contribution < -0.4 is 5.73 Å². The van der Waals surface area contributed by atoms with E-state index in [0.717, 1.165) is 24.3 Å². The molecule has 3 rings (SSSR count). The van der Waals surface area contributed by atoms with Crippen molar-refractivity contribution in [2.45, 2.75) is 9.79 Å². The summed E-state index contributed by atoms with van der Waals surface area (Å²) in [6.07, 6.45) is 0. The molecule has 0 heterocycles. The number of nitrogen functional groups attached to an aromatic ring is 1. The minimum atomic E-state index is -4.89. The van der Waals surface area contributed by atoms with Crippen molar-refractivity contribution in [1.29, 1.82) is 0 Å². The van der Waals surface area contributed by atoms with Crippen molar-refractivity contribution in [2.24, 2.45) is 10.2 Å². The number of phenols is 2. The molecule has 0 spiro atoms. The van der Waals surface area contributed by atoms with E-state index in [2.05, 4.69) is 14.4 Å². The van der Waals surface area contributed by atoms with Gasteiger partial charge in [-0.1, -0.05) is 0 Å². The Balaban J connectivity index is 0.00000456. The van der Waals surface area contributed by atoms with Crippen molar-refractivity contribution >= 4 is 58.2 Å². The van der Waals surface area contributed by atoms with Gasteiger partial charge in [0.1, 0.15) is 22.0 Å². The second-order valence-corrected chi connectivity index (χ2v) is 11.5. The number of anilines is 1. The fourth-order valence-corrected chi connectivity index (χ4v) is 5.08. The van der Waals surface area contributed by atoms with E-state index in [0.29, 0.717) is 0 Å². The van der Waals surface area contributed by atoms with Gasteiger partial charge in [-0.2, -0.15) is 16.8 Å². The van der Waals surface area contributed by atoms with Gasteiger partial charge in [0, 0.05) is 34.2 Å². The van der Waals surface area contributed by atoms with Gasteiger partial charge in [0.15, 0.2) is 15.6 Å². The molecule has 0 aromatic heterocycles.